The van der Waals surface area contributed by atoms with E-state index >= 15 is 0 Å². The molecule has 1 aromatic carbocycles. The normalized spacial score (nSPS) is 13.3. The van der Waals surface area contributed by atoms with Crippen molar-refractivity contribution in [2.24, 2.45) is 0 Å². The van der Waals surface area contributed by atoms with E-state index in [-0.39, 0.29) is 0 Å². The minimum absolute atomic E-state index is 0.474. The van der Waals surface area contributed by atoms with Crippen LogP contribution in [0.5, 0.6) is 0 Å². The molecule has 1 atom stereocenters. The Bertz CT molecular complexity index is 295. The average molecular weight is 234 g/mol. The zero-order valence-corrected chi connectivity index (χ0v) is 11.6. The van der Waals surface area contributed by atoms with Crippen molar-refractivity contribution in [3.05, 3.63) is 35.9 Å². The van der Waals surface area contributed by atoms with Gasteiger partial charge in [-0.05, 0) is 46.0 Å². The Morgan fingerprint density at radius 2 is 1.82 bits per heavy atom. The largest absolute Gasteiger partial charge is 0.310 e. The van der Waals surface area contributed by atoms with Gasteiger partial charge >= 0.3 is 0 Å². The number of hydrogen-bond acceptors (Lipinski definition) is 2. The van der Waals surface area contributed by atoms with Crippen LogP contribution in [0.15, 0.2) is 30.3 Å². The van der Waals surface area contributed by atoms with Gasteiger partial charge in [-0.15, -0.1) is 0 Å². The molecule has 2 heteroatoms. The summed E-state index contributed by atoms with van der Waals surface area (Å²) in [5.41, 5.74) is 1.39. The summed E-state index contributed by atoms with van der Waals surface area (Å²) in [5.74, 6) is 0. The van der Waals surface area contributed by atoms with Crippen LogP contribution >= 0.6 is 0 Å². The summed E-state index contributed by atoms with van der Waals surface area (Å²) in [7, 11) is 2.19. The fourth-order valence-corrected chi connectivity index (χ4v) is 1.91. The van der Waals surface area contributed by atoms with Gasteiger partial charge in [-0.1, -0.05) is 37.3 Å². The zero-order valence-electron chi connectivity index (χ0n) is 11.6. The quantitative estimate of drug-likeness (QED) is 0.780. The van der Waals surface area contributed by atoms with E-state index in [9.17, 15) is 0 Å². The molecule has 0 fully saturated rings. The van der Waals surface area contributed by atoms with Crippen LogP contribution in [0.1, 0.15) is 38.8 Å². The lowest BCUT2D eigenvalue weighted by Gasteiger charge is -2.25. The summed E-state index contributed by atoms with van der Waals surface area (Å²) < 4.78 is 0. The first kappa shape index (κ1) is 14.2. The summed E-state index contributed by atoms with van der Waals surface area (Å²) in [4.78, 5) is 2.40. The van der Waals surface area contributed by atoms with Crippen molar-refractivity contribution in [2.75, 3.05) is 20.1 Å². The van der Waals surface area contributed by atoms with E-state index in [1.54, 1.807) is 0 Å². The first-order chi connectivity index (χ1) is 8.15. The molecular formula is C15H26N2. The second-order valence-corrected chi connectivity index (χ2v) is 4.88. The Morgan fingerprint density at radius 1 is 1.18 bits per heavy atom. The number of benzene rings is 1. The van der Waals surface area contributed by atoms with E-state index in [4.69, 9.17) is 0 Å². The molecule has 0 radical (unpaired) electrons. The van der Waals surface area contributed by atoms with Gasteiger partial charge in [0.1, 0.15) is 0 Å². The summed E-state index contributed by atoms with van der Waals surface area (Å²) >= 11 is 0. The number of rotatable bonds is 7. The Kier molecular flexibility index (Phi) is 6.23. The van der Waals surface area contributed by atoms with Crippen LogP contribution in [-0.2, 0) is 0 Å². The van der Waals surface area contributed by atoms with E-state index in [0.717, 1.165) is 19.5 Å². The predicted molar refractivity (Wildman–Crippen MR) is 75.2 cm³/mol. The number of nitrogens with zero attached hydrogens (tertiary/aromatic N) is 1. The summed E-state index contributed by atoms with van der Waals surface area (Å²) in [5, 5.41) is 3.57. The van der Waals surface area contributed by atoms with Crippen molar-refractivity contribution in [1.82, 2.24) is 10.2 Å². The van der Waals surface area contributed by atoms with Crippen LogP contribution in [0.4, 0.5) is 0 Å². The SMILES string of the molecule is CCNC(CCN(C)C(C)C)c1ccccc1. The molecule has 0 aliphatic rings. The van der Waals surface area contributed by atoms with Crippen molar-refractivity contribution < 1.29 is 0 Å². The number of nitrogens with one attached hydrogen (secondary N) is 1. The molecule has 96 valence electrons. The predicted octanol–water partition coefficient (Wildman–Crippen LogP) is 3.07. The Hall–Kier alpha value is -0.860. The fraction of sp³-hybridized carbons (Fsp3) is 0.600. The highest BCUT2D eigenvalue weighted by Crippen LogP contribution is 2.16. The minimum atomic E-state index is 0.474. The minimum Gasteiger partial charge on any atom is -0.310 e. The molecule has 2 nitrogen and oxygen atoms in total. The molecule has 0 heterocycles. The van der Waals surface area contributed by atoms with Gasteiger partial charge in [0.2, 0.25) is 0 Å². The topological polar surface area (TPSA) is 15.3 Å². The van der Waals surface area contributed by atoms with Gasteiger partial charge in [0.25, 0.3) is 0 Å². The van der Waals surface area contributed by atoms with Gasteiger partial charge in [0, 0.05) is 12.1 Å². The monoisotopic (exact) mass is 234 g/mol. The highest BCUT2D eigenvalue weighted by molar-refractivity contribution is 5.18. The molecule has 1 unspecified atom stereocenters. The Morgan fingerprint density at radius 3 is 2.35 bits per heavy atom. The van der Waals surface area contributed by atoms with Gasteiger partial charge in [-0.3, -0.25) is 0 Å². The van der Waals surface area contributed by atoms with E-state index in [2.05, 4.69) is 68.4 Å². The van der Waals surface area contributed by atoms with Gasteiger partial charge in [0.15, 0.2) is 0 Å². The van der Waals surface area contributed by atoms with Crippen LogP contribution in [-0.4, -0.2) is 31.1 Å². The highest BCUT2D eigenvalue weighted by atomic mass is 15.1. The zero-order chi connectivity index (χ0) is 12.7. The average Bonchev–Trinajstić information content (AvgIpc) is 2.35. The van der Waals surface area contributed by atoms with E-state index in [0.29, 0.717) is 12.1 Å². The Labute approximate surface area is 106 Å². The van der Waals surface area contributed by atoms with Gasteiger partial charge in [-0.25, -0.2) is 0 Å². The molecule has 1 rings (SSSR count). The molecule has 1 N–H and O–H groups in total. The fourth-order valence-electron chi connectivity index (χ4n) is 1.91. The molecule has 0 aromatic heterocycles. The van der Waals surface area contributed by atoms with Crippen LogP contribution in [0.3, 0.4) is 0 Å². The molecule has 17 heavy (non-hydrogen) atoms. The molecule has 0 aliphatic heterocycles. The highest BCUT2D eigenvalue weighted by Gasteiger charge is 2.11. The third-order valence-electron chi connectivity index (χ3n) is 3.30. The van der Waals surface area contributed by atoms with Crippen molar-refractivity contribution in [2.45, 2.75) is 39.3 Å². The first-order valence-electron chi connectivity index (χ1n) is 6.63. The third kappa shape index (κ3) is 4.88. The smallest absolute Gasteiger partial charge is 0.0332 e. The van der Waals surface area contributed by atoms with E-state index < -0.39 is 0 Å². The summed E-state index contributed by atoms with van der Waals surface area (Å²) in [6.45, 7) is 8.80. The molecular weight excluding hydrogens is 208 g/mol. The molecule has 1 aromatic rings. The Balaban J connectivity index is 2.55. The van der Waals surface area contributed by atoms with Crippen LogP contribution in [0, 0.1) is 0 Å². The van der Waals surface area contributed by atoms with E-state index in [1.165, 1.54) is 5.56 Å². The molecule has 0 spiro atoms. The maximum absolute atomic E-state index is 3.57. The van der Waals surface area contributed by atoms with Crippen LogP contribution < -0.4 is 5.32 Å². The summed E-state index contributed by atoms with van der Waals surface area (Å²) in [6, 6.07) is 11.8. The van der Waals surface area contributed by atoms with E-state index in [1.807, 2.05) is 0 Å². The number of hydrogen-bond donors (Lipinski definition) is 1. The van der Waals surface area contributed by atoms with Crippen LogP contribution in [0.25, 0.3) is 0 Å². The maximum Gasteiger partial charge on any atom is 0.0332 e. The van der Waals surface area contributed by atoms with Gasteiger partial charge in [-0.2, -0.15) is 0 Å². The van der Waals surface area contributed by atoms with Crippen LogP contribution in [0.2, 0.25) is 0 Å². The lowest BCUT2D eigenvalue weighted by molar-refractivity contribution is 0.257. The maximum atomic E-state index is 3.57. The molecule has 0 amide bonds. The van der Waals surface area contributed by atoms with Crippen molar-refractivity contribution in [1.29, 1.82) is 0 Å². The molecule has 0 aliphatic carbocycles. The lowest BCUT2D eigenvalue weighted by Crippen LogP contribution is -2.31. The van der Waals surface area contributed by atoms with Crippen molar-refractivity contribution in [3.8, 4) is 0 Å². The first-order valence-corrected chi connectivity index (χ1v) is 6.63. The van der Waals surface area contributed by atoms with Crippen molar-refractivity contribution >= 4 is 0 Å². The van der Waals surface area contributed by atoms with Crippen molar-refractivity contribution in [3.63, 3.8) is 0 Å². The second-order valence-electron chi connectivity index (χ2n) is 4.88. The van der Waals surface area contributed by atoms with Gasteiger partial charge < -0.3 is 10.2 Å². The molecule has 0 saturated carbocycles. The van der Waals surface area contributed by atoms with Gasteiger partial charge in [0.05, 0.1) is 0 Å². The standard InChI is InChI=1S/C15H26N2/c1-5-16-15(11-12-17(4)13(2)3)14-9-7-6-8-10-14/h6-10,13,15-16H,5,11-12H2,1-4H3. The molecule has 0 bridgehead atoms. The lowest BCUT2D eigenvalue weighted by atomic mass is 10.0. The second kappa shape index (κ2) is 7.46. The molecule has 0 saturated heterocycles. The third-order valence-corrected chi connectivity index (χ3v) is 3.30. The summed E-state index contributed by atoms with van der Waals surface area (Å²) in [6.07, 6.45) is 1.16.